The van der Waals surface area contributed by atoms with Crippen LogP contribution in [-0.4, -0.2) is 48.2 Å². The first-order valence-electron chi connectivity index (χ1n) is 16.2. The van der Waals surface area contributed by atoms with Crippen LogP contribution < -0.4 is 9.80 Å². The van der Waals surface area contributed by atoms with Crippen LogP contribution in [0.1, 0.15) is 58.6 Å². The summed E-state index contributed by atoms with van der Waals surface area (Å²) in [4.78, 5) is 37.0. The molecule has 2 aromatic carbocycles. The number of carbonyl (C=O) groups is 2. The van der Waals surface area contributed by atoms with Gasteiger partial charge in [0.05, 0.1) is 48.8 Å². The van der Waals surface area contributed by atoms with Crippen LogP contribution in [0.4, 0.5) is 11.4 Å². The van der Waals surface area contributed by atoms with Crippen LogP contribution in [0.3, 0.4) is 0 Å². The van der Waals surface area contributed by atoms with Crippen molar-refractivity contribution in [2.24, 2.45) is 0 Å². The Labute approximate surface area is 272 Å². The molecule has 8 nitrogen and oxygen atoms in total. The van der Waals surface area contributed by atoms with Crippen molar-refractivity contribution in [3.63, 3.8) is 0 Å². The fourth-order valence-electron chi connectivity index (χ4n) is 6.31. The molecule has 4 heterocycles. The summed E-state index contributed by atoms with van der Waals surface area (Å²) in [7, 11) is 0. The van der Waals surface area contributed by atoms with Gasteiger partial charge in [0.2, 0.25) is 0 Å². The molecular weight excluding hydrogens is 576 g/mol. The van der Waals surface area contributed by atoms with Gasteiger partial charge in [0.15, 0.2) is 0 Å². The lowest BCUT2D eigenvalue weighted by Gasteiger charge is -2.32. The number of aryl methyl sites for hydroxylation is 2. The number of anilines is 2. The van der Waals surface area contributed by atoms with Gasteiger partial charge in [0.1, 0.15) is 0 Å². The van der Waals surface area contributed by atoms with Gasteiger partial charge in [-0.05, 0) is 98.2 Å². The number of benzene rings is 2. The van der Waals surface area contributed by atoms with Crippen LogP contribution in [0, 0.1) is 13.8 Å². The van der Waals surface area contributed by atoms with E-state index >= 15 is 0 Å². The zero-order valence-electron chi connectivity index (χ0n) is 27.4. The molecule has 240 valence electrons. The third-order valence-corrected chi connectivity index (χ3v) is 8.59. The molecule has 0 saturated carbocycles. The van der Waals surface area contributed by atoms with Gasteiger partial charge in [-0.3, -0.25) is 19.6 Å². The normalized spacial score (nSPS) is 13.6. The van der Waals surface area contributed by atoms with Crippen molar-refractivity contribution in [3.05, 3.63) is 118 Å². The summed E-state index contributed by atoms with van der Waals surface area (Å²) in [5.41, 5.74) is 11.9. The van der Waals surface area contributed by atoms with Crippen LogP contribution in [0.5, 0.6) is 0 Å². The molecule has 0 amide bonds. The van der Waals surface area contributed by atoms with E-state index < -0.39 is 0 Å². The van der Waals surface area contributed by atoms with Gasteiger partial charge < -0.3 is 19.3 Å². The lowest BCUT2D eigenvalue weighted by atomic mass is 9.93. The van der Waals surface area contributed by atoms with Gasteiger partial charge >= 0.3 is 11.9 Å². The van der Waals surface area contributed by atoms with E-state index in [9.17, 15) is 9.59 Å². The fourth-order valence-corrected chi connectivity index (χ4v) is 6.31. The molecule has 0 fully saturated rings. The smallest absolute Gasteiger partial charge is 0.310 e. The van der Waals surface area contributed by atoms with Crippen molar-refractivity contribution >= 4 is 23.3 Å². The molecule has 46 heavy (non-hydrogen) atoms. The monoisotopic (exact) mass is 620 g/mol. The Balaban J connectivity index is 0.000000181. The molecule has 0 aliphatic carbocycles. The summed E-state index contributed by atoms with van der Waals surface area (Å²) in [6.07, 6.45) is 6.32. The quantitative estimate of drug-likeness (QED) is 0.218. The van der Waals surface area contributed by atoms with Crippen LogP contribution in [0.25, 0.3) is 0 Å². The van der Waals surface area contributed by atoms with Gasteiger partial charge in [-0.1, -0.05) is 36.4 Å². The summed E-state index contributed by atoms with van der Waals surface area (Å²) in [5.74, 6) is -0.313. The third kappa shape index (κ3) is 8.10. The second-order valence-corrected chi connectivity index (χ2v) is 11.7. The average molecular weight is 621 g/mol. The molecule has 2 aromatic heterocycles. The van der Waals surface area contributed by atoms with Crippen LogP contribution >= 0.6 is 0 Å². The number of pyridine rings is 2. The number of carbonyl (C=O) groups excluding carboxylic acids is 2. The summed E-state index contributed by atoms with van der Waals surface area (Å²) in [6.45, 7) is 12.3. The Hall–Kier alpha value is -4.72. The Morgan fingerprint density at radius 3 is 1.93 bits per heavy atom. The first kappa shape index (κ1) is 32.7. The highest BCUT2D eigenvalue weighted by Crippen LogP contribution is 2.29. The van der Waals surface area contributed by atoms with E-state index in [4.69, 9.17) is 9.47 Å². The van der Waals surface area contributed by atoms with E-state index in [-0.39, 0.29) is 11.9 Å². The number of esters is 2. The summed E-state index contributed by atoms with van der Waals surface area (Å²) in [6, 6.07) is 20.8. The van der Waals surface area contributed by atoms with Gasteiger partial charge in [0.25, 0.3) is 0 Å². The zero-order chi connectivity index (χ0) is 32.5. The molecule has 0 bridgehead atoms. The summed E-state index contributed by atoms with van der Waals surface area (Å²) >= 11 is 0. The number of hydrogen-bond donors (Lipinski definition) is 0. The Morgan fingerprint density at radius 1 is 0.696 bits per heavy atom. The standard InChI is InChI=1S/2C19H22N2O2/c1-3-23-19(22)12-16-7-4-6-15-9-11-21(13-17(15)16)18-8-5-10-20-14(18)2;1-3-23-19(22)12-15-6-7-17-13-21(10-8-16(17)11-15)18-5-4-9-20-14(18)2/h4-8,10H,3,9,11-13H2,1-2H3;4-7,9,11H,3,8,10,12-13H2,1-2H3. The van der Waals surface area contributed by atoms with Gasteiger partial charge in [0, 0.05) is 38.6 Å². The highest BCUT2D eigenvalue weighted by molar-refractivity contribution is 5.74. The molecule has 0 spiro atoms. The van der Waals surface area contributed by atoms with Crippen molar-refractivity contribution in [2.75, 3.05) is 36.1 Å². The first-order valence-corrected chi connectivity index (χ1v) is 16.2. The minimum absolute atomic E-state index is 0.157. The number of hydrogen-bond acceptors (Lipinski definition) is 8. The van der Waals surface area contributed by atoms with Crippen molar-refractivity contribution in [1.29, 1.82) is 0 Å². The summed E-state index contributed by atoms with van der Waals surface area (Å²) in [5, 5.41) is 0. The lowest BCUT2D eigenvalue weighted by molar-refractivity contribution is -0.143. The SMILES string of the molecule is CCOC(=O)Cc1ccc2c(c1)CCN(c1cccnc1C)C2.CCOC(=O)Cc1cccc2c1CN(c1cccnc1C)CC2. The lowest BCUT2D eigenvalue weighted by Crippen LogP contribution is -2.32. The Bertz CT molecular complexity index is 1670. The van der Waals surface area contributed by atoms with Crippen LogP contribution in [0.2, 0.25) is 0 Å². The van der Waals surface area contributed by atoms with Crippen molar-refractivity contribution in [2.45, 2.75) is 66.5 Å². The van der Waals surface area contributed by atoms with E-state index in [1.165, 1.54) is 33.6 Å². The van der Waals surface area contributed by atoms with Gasteiger partial charge in [-0.15, -0.1) is 0 Å². The number of aromatic nitrogens is 2. The number of ether oxygens (including phenoxy) is 2. The average Bonchev–Trinajstić information content (AvgIpc) is 3.05. The third-order valence-electron chi connectivity index (χ3n) is 8.59. The molecule has 0 saturated heterocycles. The molecule has 0 atom stereocenters. The predicted molar refractivity (Wildman–Crippen MR) is 181 cm³/mol. The topological polar surface area (TPSA) is 84.9 Å². The maximum absolute atomic E-state index is 11.9. The Morgan fingerprint density at radius 2 is 1.30 bits per heavy atom. The van der Waals surface area contributed by atoms with Crippen molar-refractivity contribution in [3.8, 4) is 0 Å². The van der Waals surface area contributed by atoms with Crippen LogP contribution in [0.15, 0.2) is 73.1 Å². The molecule has 0 radical (unpaired) electrons. The largest absolute Gasteiger partial charge is 0.466 e. The van der Waals surface area contributed by atoms with Crippen LogP contribution in [-0.2, 0) is 57.8 Å². The highest BCUT2D eigenvalue weighted by atomic mass is 16.5. The summed E-state index contributed by atoms with van der Waals surface area (Å²) < 4.78 is 10.1. The maximum atomic E-state index is 11.9. The molecule has 0 unspecified atom stereocenters. The van der Waals surface area contributed by atoms with E-state index in [1.54, 1.807) is 0 Å². The molecule has 2 aliphatic heterocycles. The first-order chi connectivity index (χ1) is 22.4. The molecule has 0 N–H and O–H groups in total. The van der Waals surface area contributed by atoms with E-state index in [1.807, 2.05) is 70.4 Å². The predicted octanol–water partition coefficient (Wildman–Crippen LogP) is 6.12. The second kappa shape index (κ2) is 15.5. The Kier molecular flexibility index (Phi) is 11.0. The van der Waals surface area contributed by atoms with Crippen molar-refractivity contribution in [1.82, 2.24) is 9.97 Å². The maximum Gasteiger partial charge on any atom is 0.310 e. The molecule has 6 rings (SSSR count). The van der Waals surface area contributed by atoms with Crippen molar-refractivity contribution < 1.29 is 19.1 Å². The second-order valence-electron chi connectivity index (χ2n) is 11.7. The molecule has 8 heteroatoms. The highest BCUT2D eigenvalue weighted by Gasteiger charge is 2.22. The van der Waals surface area contributed by atoms with E-state index in [2.05, 4.69) is 50.1 Å². The fraction of sp³-hybridized carbons (Fsp3) is 0.368. The molecule has 4 aromatic rings. The number of nitrogens with zero attached hydrogens (tertiary/aromatic N) is 4. The van der Waals surface area contributed by atoms with E-state index in [0.717, 1.165) is 61.5 Å². The minimum Gasteiger partial charge on any atom is -0.466 e. The molecule has 2 aliphatic rings. The minimum atomic E-state index is -0.157. The number of fused-ring (bicyclic) bond motifs is 2. The zero-order valence-corrected chi connectivity index (χ0v) is 27.4. The van der Waals surface area contributed by atoms with E-state index in [0.29, 0.717) is 26.1 Å². The number of rotatable bonds is 8. The van der Waals surface area contributed by atoms with Gasteiger partial charge in [-0.2, -0.15) is 0 Å². The van der Waals surface area contributed by atoms with Gasteiger partial charge in [-0.25, -0.2) is 0 Å². The molecular formula is C38H44N4O4.